The number of phenols is 1. The minimum Gasteiger partial charge on any atom is -0.508 e. The Labute approximate surface area is 107 Å². The minimum atomic E-state index is -0.127. The average Bonchev–Trinajstić information content (AvgIpc) is 2.76. The van der Waals surface area contributed by atoms with Crippen LogP contribution in [0, 0.1) is 12.8 Å². The van der Waals surface area contributed by atoms with Crippen molar-refractivity contribution >= 4 is 5.91 Å². The number of rotatable bonds is 3. The van der Waals surface area contributed by atoms with Crippen LogP contribution >= 0.6 is 0 Å². The first-order valence-electron chi connectivity index (χ1n) is 6.33. The Morgan fingerprint density at radius 1 is 1.44 bits per heavy atom. The van der Waals surface area contributed by atoms with Crippen LogP contribution in [0.3, 0.4) is 0 Å². The van der Waals surface area contributed by atoms with Gasteiger partial charge >= 0.3 is 0 Å². The molecule has 0 saturated heterocycles. The van der Waals surface area contributed by atoms with Gasteiger partial charge in [-0.05, 0) is 43.5 Å². The van der Waals surface area contributed by atoms with Crippen LogP contribution in [0.5, 0.6) is 5.75 Å². The van der Waals surface area contributed by atoms with E-state index < -0.39 is 0 Å². The Hall–Kier alpha value is -1.55. The van der Waals surface area contributed by atoms with Crippen LogP contribution in [0.2, 0.25) is 0 Å². The van der Waals surface area contributed by atoms with Crippen molar-refractivity contribution < 1.29 is 15.0 Å². The Morgan fingerprint density at radius 3 is 2.89 bits per heavy atom. The van der Waals surface area contributed by atoms with Gasteiger partial charge in [-0.3, -0.25) is 4.79 Å². The molecule has 2 unspecified atom stereocenters. The summed E-state index contributed by atoms with van der Waals surface area (Å²) in [6.07, 6.45) is 2.94. The molecule has 2 atom stereocenters. The lowest BCUT2D eigenvalue weighted by atomic mass is 10.0. The molecule has 0 aliphatic heterocycles. The van der Waals surface area contributed by atoms with Crippen molar-refractivity contribution in [1.29, 1.82) is 0 Å². The van der Waals surface area contributed by atoms with E-state index in [1.807, 2.05) is 0 Å². The van der Waals surface area contributed by atoms with Crippen molar-refractivity contribution in [3.8, 4) is 5.75 Å². The predicted octanol–water partition coefficient (Wildman–Crippen LogP) is 1.59. The standard InChI is InChI=1S/C14H19NO3/c1-9-7-11(17)5-6-12(9)14(18)15-13-4-2-3-10(13)8-16/h5-7,10,13,16-17H,2-4,8H2,1H3,(H,15,18). The summed E-state index contributed by atoms with van der Waals surface area (Å²) >= 11 is 0. The highest BCUT2D eigenvalue weighted by atomic mass is 16.3. The first kappa shape index (κ1) is 12.9. The molecule has 1 aromatic carbocycles. The van der Waals surface area contributed by atoms with E-state index in [0.29, 0.717) is 5.56 Å². The van der Waals surface area contributed by atoms with Crippen molar-refractivity contribution in [3.63, 3.8) is 0 Å². The molecule has 18 heavy (non-hydrogen) atoms. The summed E-state index contributed by atoms with van der Waals surface area (Å²) in [4.78, 5) is 12.1. The summed E-state index contributed by atoms with van der Waals surface area (Å²) in [5.41, 5.74) is 1.34. The molecule has 1 aromatic rings. The maximum atomic E-state index is 12.1. The Morgan fingerprint density at radius 2 is 2.22 bits per heavy atom. The largest absolute Gasteiger partial charge is 0.508 e. The first-order chi connectivity index (χ1) is 8.61. The predicted molar refractivity (Wildman–Crippen MR) is 68.5 cm³/mol. The third-order valence-electron chi connectivity index (χ3n) is 3.66. The maximum Gasteiger partial charge on any atom is 0.251 e. The molecular formula is C14H19NO3. The average molecular weight is 249 g/mol. The van der Waals surface area contributed by atoms with Crippen molar-refractivity contribution in [2.45, 2.75) is 32.2 Å². The molecule has 1 aliphatic rings. The second-order valence-corrected chi connectivity index (χ2v) is 4.95. The molecule has 1 fully saturated rings. The van der Waals surface area contributed by atoms with Gasteiger partial charge in [0.1, 0.15) is 5.75 Å². The Kier molecular flexibility index (Phi) is 3.87. The molecule has 1 aliphatic carbocycles. The van der Waals surface area contributed by atoms with E-state index in [-0.39, 0.29) is 30.2 Å². The van der Waals surface area contributed by atoms with Crippen molar-refractivity contribution in [2.24, 2.45) is 5.92 Å². The molecule has 0 heterocycles. The number of amides is 1. The van der Waals surface area contributed by atoms with Gasteiger partial charge in [0.2, 0.25) is 0 Å². The van der Waals surface area contributed by atoms with E-state index in [2.05, 4.69) is 5.32 Å². The molecule has 0 aromatic heterocycles. The highest BCUT2D eigenvalue weighted by Gasteiger charge is 2.28. The fourth-order valence-electron chi connectivity index (χ4n) is 2.59. The smallest absolute Gasteiger partial charge is 0.251 e. The molecule has 4 nitrogen and oxygen atoms in total. The lowest BCUT2D eigenvalue weighted by molar-refractivity contribution is 0.0915. The van der Waals surface area contributed by atoms with Gasteiger partial charge in [0.25, 0.3) is 5.91 Å². The molecule has 2 rings (SSSR count). The van der Waals surface area contributed by atoms with Crippen LogP contribution in [0.25, 0.3) is 0 Å². The van der Waals surface area contributed by atoms with Crippen LogP contribution in [0.15, 0.2) is 18.2 Å². The molecule has 3 N–H and O–H groups in total. The fraction of sp³-hybridized carbons (Fsp3) is 0.500. The highest BCUT2D eigenvalue weighted by molar-refractivity contribution is 5.96. The number of carbonyl (C=O) groups is 1. The first-order valence-corrected chi connectivity index (χ1v) is 6.33. The van der Waals surface area contributed by atoms with Crippen LogP contribution in [-0.4, -0.2) is 28.8 Å². The topological polar surface area (TPSA) is 69.6 Å². The zero-order chi connectivity index (χ0) is 13.1. The molecule has 0 bridgehead atoms. The second-order valence-electron chi connectivity index (χ2n) is 4.95. The quantitative estimate of drug-likeness (QED) is 0.762. The molecule has 98 valence electrons. The normalized spacial score (nSPS) is 23.0. The summed E-state index contributed by atoms with van der Waals surface area (Å²) in [5.74, 6) is 0.211. The molecular weight excluding hydrogens is 230 g/mol. The van der Waals surface area contributed by atoms with Gasteiger partial charge < -0.3 is 15.5 Å². The van der Waals surface area contributed by atoms with E-state index in [0.717, 1.165) is 24.8 Å². The summed E-state index contributed by atoms with van der Waals surface area (Å²) in [6.45, 7) is 1.92. The van der Waals surface area contributed by atoms with Gasteiger partial charge in [-0.1, -0.05) is 6.42 Å². The molecule has 4 heteroatoms. The number of carbonyl (C=O) groups excluding carboxylic acids is 1. The Balaban J connectivity index is 2.07. The highest BCUT2D eigenvalue weighted by Crippen LogP contribution is 2.25. The minimum absolute atomic E-state index is 0.0655. The number of phenolic OH excluding ortho intramolecular Hbond substituents is 1. The van der Waals surface area contributed by atoms with Gasteiger partial charge in [-0.15, -0.1) is 0 Å². The van der Waals surface area contributed by atoms with Gasteiger partial charge in [0, 0.05) is 24.1 Å². The third kappa shape index (κ3) is 2.64. The maximum absolute atomic E-state index is 12.1. The van der Waals surface area contributed by atoms with Crippen LogP contribution in [0.1, 0.15) is 35.2 Å². The van der Waals surface area contributed by atoms with E-state index in [9.17, 15) is 15.0 Å². The number of hydrogen-bond donors (Lipinski definition) is 3. The van der Waals surface area contributed by atoms with Crippen LogP contribution in [-0.2, 0) is 0 Å². The monoisotopic (exact) mass is 249 g/mol. The lowest BCUT2D eigenvalue weighted by Gasteiger charge is -2.19. The number of benzene rings is 1. The van der Waals surface area contributed by atoms with Gasteiger partial charge in [0.05, 0.1) is 0 Å². The summed E-state index contributed by atoms with van der Waals surface area (Å²) in [7, 11) is 0. The van der Waals surface area contributed by atoms with E-state index in [1.165, 1.54) is 6.07 Å². The van der Waals surface area contributed by atoms with E-state index in [4.69, 9.17) is 0 Å². The van der Waals surface area contributed by atoms with Gasteiger partial charge in [0.15, 0.2) is 0 Å². The SMILES string of the molecule is Cc1cc(O)ccc1C(=O)NC1CCCC1CO. The molecule has 1 amide bonds. The van der Waals surface area contributed by atoms with Crippen molar-refractivity contribution in [3.05, 3.63) is 29.3 Å². The number of nitrogens with one attached hydrogen (secondary N) is 1. The number of aliphatic hydroxyl groups excluding tert-OH is 1. The molecule has 0 radical (unpaired) electrons. The summed E-state index contributed by atoms with van der Waals surface area (Å²) in [6, 6.07) is 4.78. The second kappa shape index (κ2) is 5.40. The fourth-order valence-corrected chi connectivity index (χ4v) is 2.59. The molecule has 0 spiro atoms. The summed E-state index contributed by atoms with van der Waals surface area (Å²) in [5, 5.41) is 21.5. The number of hydrogen-bond acceptors (Lipinski definition) is 3. The lowest BCUT2D eigenvalue weighted by Crippen LogP contribution is -2.38. The van der Waals surface area contributed by atoms with E-state index in [1.54, 1.807) is 19.1 Å². The number of aliphatic hydroxyl groups is 1. The molecule has 1 saturated carbocycles. The number of aromatic hydroxyl groups is 1. The number of aryl methyl sites for hydroxylation is 1. The zero-order valence-electron chi connectivity index (χ0n) is 10.5. The van der Waals surface area contributed by atoms with Crippen molar-refractivity contribution in [2.75, 3.05) is 6.61 Å². The van der Waals surface area contributed by atoms with Gasteiger partial charge in [-0.25, -0.2) is 0 Å². The summed E-state index contributed by atoms with van der Waals surface area (Å²) < 4.78 is 0. The van der Waals surface area contributed by atoms with Crippen LogP contribution in [0.4, 0.5) is 0 Å². The van der Waals surface area contributed by atoms with E-state index >= 15 is 0 Å². The zero-order valence-corrected chi connectivity index (χ0v) is 10.5. The Bertz CT molecular complexity index is 445. The van der Waals surface area contributed by atoms with Crippen LogP contribution < -0.4 is 5.32 Å². The van der Waals surface area contributed by atoms with Crippen molar-refractivity contribution in [1.82, 2.24) is 5.32 Å². The third-order valence-corrected chi connectivity index (χ3v) is 3.66. The van der Waals surface area contributed by atoms with Gasteiger partial charge in [-0.2, -0.15) is 0 Å².